The number of carbonyl (C=O) groups is 2. The van der Waals surface area contributed by atoms with Crippen molar-refractivity contribution in [2.24, 2.45) is 4.99 Å². The predicted octanol–water partition coefficient (Wildman–Crippen LogP) is 5.13. The third-order valence-corrected chi connectivity index (χ3v) is 6.28. The molecule has 1 heterocycles. The smallest absolute Gasteiger partial charge is 0.255 e. The SMILES string of the molecule is C=CC(=O)N1CCC(c2cc(-c3ccc(C(=O)Nc4ccccc4)cc3)cc(C=NCC)c2N)C1. The molecule has 0 bridgehead atoms. The lowest BCUT2D eigenvalue weighted by Gasteiger charge is -2.18. The topological polar surface area (TPSA) is 87.8 Å². The van der Waals surface area contributed by atoms with Gasteiger partial charge in [-0.15, -0.1) is 0 Å². The maximum Gasteiger partial charge on any atom is 0.255 e. The lowest BCUT2D eigenvalue weighted by atomic mass is 9.90. The Morgan fingerprint density at radius 2 is 1.86 bits per heavy atom. The first-order valence-corrected chi connectivity index (χ1v) is 11.8. The molecule has 35 heavy (non-hydrogen) atoms. The summed E-state index contributed by atoms with van der Waals surface area (Å²) in [5.41, 5.74) is 12.5. The summed E-state index contributed by atoms with van der Waals surface area (Å²) < 4.78 is 0. The van der Waals surface area contributed by atoms with Gasteiger partial charge < -0.3 is 16.0 Å². The average molecular weight is 467 g/mol. The predicted molar refractivity (Wildman–Crippen MR) is 143 cm³/mol. The van der Waals surface area contributed by atoms with E-state index in [1.165, 1.54) is 6.08 Å². The second-order valence-electron chi connectivity index (χ2n) is 8.57. The van der Waals surface area contributed by atoms with E-state index in [1.807, 2.05) is 78.7 Å². The van der Waals surface area contributed by atoms with Gasteiger partial charge in [0.25, 0.3) is 5.91 Å². The molecule has 1 unspecified atom stereocenters. The first-order chi connectivity index (χ1) is 17.0. The maximum atomic E-state index is 12.6. The van der Waals surface area contributed by atoms with Crippen LogP contribution in [-0.2, 0) is 4.79 Å². The standard InChI is InChI=1S/C29H30N4O2/c1-3-27(34)33-15-14-22(19-33)26-17-23(16-24(28(26)30)18-31-4-2)20-10-12-21(13-11-20)29(35)32-25-8-6-5-7-9-25/h3,5-13,16-18,22H,1,4,14-15,19,30H2,2H3,(H,32,35). The Morgan fingerprint density at radius 1 is 1.11 bits per heavy atom. The molecule has 1 fully saturated rings. The van der Waals surface area contributed by atoms with Crippen molar-refractivity contribution in [3.63, 3.8) is 0 Å². The van der Waals surface area contributed by atoms with Crippen LogP contribution in [0.4, 0.5) is 11.4 Å². The number of hydrogen-bond acceptors (Lipinski definition) is 4. The van der Waals surface area contributed by atoms with Crippen molar-refractivity contribution in [1.29, 1.82) is 0 Å². The molecule has 6 nitrogen and oxygen atoms in total. The number of nitrogens with one attached hydrogen (secondary N) is 1. The first kappa shape index (κ1) is 24.0. The molecule has 0 aliphatic carbocycles. The Kier molecular flexibility index (Phi) is 7.41. The van der Waals surface area contributed by atoms with E-state index in [-0.39, 0.29) is 17.7 Å². The van der Waals surface area contributed by atoms with Crippen LogP contribution in [0.5, 0.6) is 0 Å². The zero-order valence-electron chi connectivity index (χ0n) is 19.9. The quantitative estimate of drug-likeness (QED) is 0.287. The average Bonchev–Trinajstić information content (AvgIpc) is 3.38. The van der Waals surface area contributed by atoms with Crippen LogP contribution in [0.3, 0.4) is 0 Å². The number of para-hydroxylation sites is 1. The molecule has 2 amide bonds. The minimum atomic E-state index is -0.158. The summed E-state index contributed by atoms with van der Waals surface area (Å²) in [6.45, 7) is 7.54. The van der Waals surface area contributed by atoms with Crippen molar-refractivity contribution in [2.75, 3.05) is 30.7 Å². The van der Waals surface area contributed by atoms with Gasteiger partial charge in [0, 0.05) is 54.3 Å². The molecule has 4 rings (SSSR count). The van der Waals surface area contributed by atoms with Crippen LogP contribution in [0.25, 0.3) is 11.1 Å². The Morgan fingerprint density at radius 3 is 2.54 bits per heavy atom. The summed E-state index contributed by atoms with van der Waals surface area (Å²) in [7, 11) is 0. The first-order valence-electron chi connectivity index (χ1n) is 11.8. The highest BCUT2D eigenvalue weighted by atomic mass is 16.2. The monoisotopic (exact) mass is 466 g/mol. The molecule has 3 aromatic rings. The lowest BCUT2D eigenvalue weighted by molar-refractivity contribution is -0.125. The van der Waals surface area contributed by atoms with Gasteiger partial charge in [0.05, 0.1) is 0 Å². The van der Waals surface area contributed by atoms with E-state index >= 15 is 0 Å². The zero-order chi connectivity index (χ0) is 24.8. The molecule has 3 aromatic carbocycles. The molecule has 1 aliphatic heterocycles. The minimum absolute atomic E-state index is 0.0561. The van der Waals surface area contributed by atoms with Gasteiger partial charge in [-0.2, -0.15) is 0 Å². The van der Waals surface area contributed by atoms with E-state index in [0.717, 1.165) is 34.4 Å². The highest BCUT2D eigenvalue weighted by molar-refractivity contribution is 6.04. The van der Waals surface area contributed by atoms with Crippen LogP contribution in [0.15, 0.2) is 84.4 Å². The van der Waals surface area contributed by atoms with Crippen LogP contribution in [-0.4, -0.2) is 42.6 Å². The van der Waals surface area contributed by atoms with Crippen molar-refractivity contribution in [3.8, 4) is 11.1 Å². The van der Waals surface area contributed by atoms with Crippen molar-refractivity contribution < 1.29 is 9.59 Å². The van der Waals surface area contributed by atoms with Crippen molar-refractivity contribution in [1.82, 2.24) is 4.90 Å². The number of carbonyl (C=O) groups excluding carboxylic acids is 2. The van der Waals surface area contributed by atoms with Gasteiger partial charge in [-0.1, -0.05) is 36.9 Å². The number of rotatable bonds is 7. The number of hydrogen-bond donors (Lipinski definition) is 2. The summed E-state index contributed by atoms with van der Waals surface area (Å²) in [6.07, 6.45) is 4.01. The second-order valence-corrected chi connectivity index (χ2v) is 8.57. The fourth-order valence-corrected chi connectivity index (χ4v) is 4.38. The van der Waals surface area contributed by atoms with E-state index in [4.69, 9.17) is 5.73 Å². The van der Waals surface area contributed by atoms with Gasteiger partial charge >= 0.3 is 0 Å². The van der Waals surface area contributed by atoms with E-state index in [1.54, 1.807) is 0 Å². The van der Waals surface area contributed by atoms with Gasteiger partial charge in [0.15, 0.2) is 0 Å². The normalized spacial score (nSPS) is 15.3. The van der Waals surface area contributed by atoms with Gasteiger partial charge in [0.2, 0.25) is 5.91 Å². The van der Waals surface area contributed by atoms with E-state index < -0.39 is 0 Å². The van der Waals surface area contributed by atoms with Crippen LogP contribution in [0.2, 0.25) is 0 Å². The molecule has 178 valence electrons. The van der Waals surface area contributed by atoms with Crippen molar-refractivity contribution in [2.45, 2.75) is 19.3 Å². The van der Waals surface area contributed by atoms with E-state index in [0.29, 0.717) is 30.9 Å². The number of nitrogens with zero attached hydrogens (tertiary/aromatic N) is 2. The third kappa shape index (κ3) is 5.49. The van der Waals surface area contributed by atoms with Crippen molar-refractivity contribution in [3.05, 3.63) is 96.1 Å². The van der Waals surface area contributed by atoms with Crippen LogP contribution < -0.4 is 11.1 Å². The fourth-order valence-electron chi connectivity index (χ4n) is 4.38. The molecule has 3 N–H and O–H groups in total. The van der Waals surface area contributed by atoms with Crippen molar-refractivity contribution >= 4 is 29.4 Å². The van der Waals surface area contributed by atoms with E-state index in [9.17, 15) is 9.59 Å². The maximum absolute atomic E-state index is 12.6. The molecule has 0 aromatic heterocycles. The second kappa shape index (κ2) is 10.8. The summed E-state index contributed by atoms with van der Waals surface area (Å²) >= 11 is 0. The van der Waals surface area contributed by atoms with Gasteiger partial charge in [-0.25, -0.2) is 0 Å². The molecule has 1 saturated heterocycles. The van der Waals surface area contributed by atoms with Crippen LogP contribution in [0, 0.1) is 0 Å². The Bertz CT molecular complexity index is 1250. The number of aliphatic imine (C=N–C) groups is 1. The molecule has 1 aliphatic rings. The number of nitrogen functional groups attached to an aromatic ring is 1. The Balaban J connectivity index is 1.63. The lowest BCUT2D eigenvalue weighted by Crippen LogP contribution is -2.26. The summed E-state index contributed by atoms with van der Waals surface area (Å²) in [4.78, 5) is 30.9. The van der Waals surface area contributed by atoms with Crippen LogP contribution in [0.1, 0.15) is 40.7 Å². The molecular formula is C29H30N4O2. The largest absolute Gasteiger partial charge is 0.398 e. The zero-order valence-corrected chi connectivity index (χ0v) is 19.9. The summed E-state index contributed by atoms with van der Waals surface area (Å²) in [5.74, 6) is -0.0719. The fraction of sp³-hybridized carbons (Fsp3) is 0.207. The minimum Gasteiger partial charge on any atom is -0.398 e. The molecular weight excluding hydrogens is 436 g/mol. The number of anilines is 2. The summed E-state index contributed by atoms with van der Waals surface area (Å²) in [5, 5.41) is 2.91. The molecule has 0 spiro atoms. The van der Waals surface area contributed by atoms with Gasteiger partial charge in [-0.05, 0) is 72.5 Å². The number of amides is 2. The molecule has 1 atom stereocenters. The number of benzene rings is 3. The number of likely N-dealkylation sites (tertiary alicyclic amines) is 1. The highest BCUT2D eigenvalue weighted by Gasteiger charge is 2.28. The third-order valence-electron chi connectivity index (χ3n) is 6.28. The van der Waals surface area contributed by atoms with Gasteiger partial charge in [0.1, 0.15) is 0 Å². The molecule has 0 radical (unpaired) electrons. The van der Waals surface area contributed by atoms with E-state index in [2.05, 4.69) is 23.0 Å². The summed E-state index contributed by atoms with van der Waals surface area (Å²) in [6, 6.07) is 21.0. The van der Waals surface area contributed by atoms with Gasteiger partial charge in [-0.3, -0.25) is 14.6 Å². The number of nitrogens with two attached hydrogens (primary N) is 1. The Labute approximate surface area is 206 Å². The molecule has 0 saturated carbocycles. The van der Waals surface area contributed by atoms with Crippen LogP contribution >= 0.6 is 0 Å². The Hall–Kier alpha value is -4.19. The highest BCUT2D eigenvalue weighted by Crippen LogP contribution is 2.36. The molecule has 6 heteroatoms.